The van der Waals surface area contributed by atoms with Crippen LogP contribution in [0.15, 0.2) is 104 Å². The molecule has 0 radical (unpaired) electrons. The van der Waals surface area contributed by atoms with E-state index in [0.29, 0.717) is 0 Å². The maximum Gasteiger partial charge on any atom is 0.219 e. The number of hydrogen-bond donors (Lipinski definition) is 1. The van der Waals surface area contributed by atoms with Gasteiger partial charge in [0, 0.05) is 28.9 Å². The van der Waals surface area contributed by atoms with E-state index in [2.05, 4.69) is 111 Å². The Bertz CT molecular complexity index is 1600. The monoisotopic (exact) mass is 452 g/mol. The van der Waals surface area contributed by atoms with Gasteiger partial charge in [0.05, 0.1) is 11.3 Å². The van der Waals surface area contributed by atoms with Crippen LogP contribution in [0.5, 0.6) is 0 Å². The summed E-state index contributed by atoms with van der Waals surface area (Å²) in [5.74, 6) is 0.874. The Morgan fingerprint density at radius 2 is 1.43 bits per heavy atom. The molecule has 2 bridgehead atoms. The number of benzene rings is 3. The van der Waals surface area contributed by atoms with Crippen molar-refractivity contribution in [3.8, 4) is 44.6 Å². The Balaban J connectivity index is 1.69. The first-order chi connectivity index (χ1) is 17.1. The zero-order chi connectivity index (χ0) is 23.9. The number of para-hydroxylation sites is 1. The number of hydrogen-bond acceptors (Lipinski definition) is 2. The van der Waals surface area contributed by atoms with Gasteiger partial charge in [0.1, 0.15) is 5.82 Å². The van der Waals surface area contributed by atoms with Gasteiger partial charge in [-0.25, -0.2) is 4.98 Å². The van der Waals surface area contributed by atoms with Gasteiger partial charge in [-0.15, -0.1) is 0 Å². The zero-order valence-corrected chi connectivity index (χ0v) is 19.9. The van der Waals surface area contributed by atoms with Gasteiger partial charge in [-0.3, -0.25) is 0 Å². The van der Waals surface area contributed by atoms with Crippen molar-refractivity contribution < 1.29 is 4.57 Å². The average molecular weight is 453 g/mol. The van der Waals surface area contributed by atoms with E-state index in [1.807, 2.05) is 23.0 Å². The van der Waals surface area contributed by atoms with Gasteiger partial charge >= 0.3 is 0 Å². The third kappa shape index (κ3) is 3.53. The zero-order valence-electron chi connectivity index (χ0n) is 19.9. The first kappa shape index (κ1) is 21.1. The summed E-state index contributed by atoms with van der Waals surface area (Å²) in [4.78, 5) is 5.10. The normalized spacial score (nSPS) is 11.5. The van der Waals surface area contributed by atoms with Crippen molar-refractivity contribution in [1.82, 2.24) is 4.98 Å². The van der Waals surface area contributed by atoms with E-state index in [-0.39, 0.29) is 0 Å². The first-order valence-corrected chi connectivity index (χ1v) is 11.9. The SMILES string of the molecule is C=C[n+]1ccccc1-c1cc2c(nc1C)Nc1ccccc1-c1cc(-c3ccccc3)cc-2c1C. The van der Waals surface area contributed by atoms with E-state index in [0.717, 1.165) is 34.0 Å². The Morgan fingerprint density at radius 1 is 0.714 bits per heavy atom. The summed E-state index contributed by atoms with van der Waals surface area (Å²) in [5.41, 5.74) is 12.5. The van der Waals surface area contributed by atoms with Crippen LogP contribution in [0, 0.1) is 13.8 Å². The second-order valence-electron chi connectivity index (χ2n) is 8.93. The van der Waals surface area contributed by atoms with Crippen LogP contribution in [0.3, 0.4) is 0 Å². The highest BCUT2D eigenvalue weighted by molar-refractivity contribution is 5.96. The maximum atomic E-state index is 5.10. The molecule has 6 rings (SSSR count). The van der Waals surface area contributed by atoms with Gasteiger partial charge in [0.15, 0.2) is 12.4 Å². The van der Waals surface area contributed by atoms with Crippen molar-refractivity contribution in [3.05, 3.63) is 115 Å². The molecule has 1 aliphatic rings. The lowest BCUT2D eigenvalue weighted by Crippen LogP contribution is -2.28. The summed E-state index contributed by atoms with van der Waals surface area (Å²) in [6, 6.07) is 32.1. The summed E-state index contributed by atoms with van der Waals surface area (Å²) in [6.45, 7) is 8.29. The lowest BCUT2D eigenvalue weighted by molar-refractivity contribution is -0.555. The molecule has 0 saturated heterocycles. The molecule has 1 N–H and O–H groups in total. The van der Waals surface area contributed by atoms with Crippen molar-refractivity contribution in [2.45, 2.75) is 13.8 Å². The minimum absolute atomic E-state index is 0.874. The van der Waals surface area contributed by atoms with Crippen LogP contribution < -0.4 is 9.88 Å². The smallest absolute Gasteiger partial charge is 0.219 e. The molecule has 168 valence electrons. The molecule has 0 unspecified atom stereocenters. The predicted octanol–water partition coefficient (Wildman–Crippen LogP) is 7.81. The molecule has 2 aromatic heterocycles. The molecule has 0 amide bonds. The van der Waals surface area contributed by atoms with Crippen LogP contribution in [-0.4, -0.2) is 4.98 Å². The summed E-state index contributed by atoms with van der Waals surface area (Å²) in [7, 11) is 0. The number of fused-ring (bicyclic) bond motifs is 6. The van der Waals surface area contributed by atoms with E-state index in [4.69, 9.17) is 4.98 Å². The fourth-order valence-electron chi connectivity index (χ4n) is 5.03. The van der Waals surface area contributed by atoms with Gasteiger partial charge in [-0.1, -0.05) is 48.5 Å². The molecular weight excluding hydrogens is 426 g/mol. The van der Waals surface area contributed by atoms with Crippen LogP contribution in [0.4, 0.5) is 11.5 Å². The summed E-state index contributed by atoms with van der Waals surface area (Å²) >= 11 is 0. The minimum atomic E-state index is 0.874. The second-order valence-corrected chi connectivity index (χ2v) is 8.93. The molecule has 3 heteroatoms. The highest BCUT2D eigenvalue weighted by Gasteiger charge is 2.24. The predicted molar refractivity (Wildman–Crippen MR) is 145 cm³/mol. The molecule has 1 aliphatic heterocycles. The van der Waals surface area contributed by atoms with Gasteiger partial charge in [-0.05, 0) is 78.6 Å². The third-order valence-corrected chi connectivity index (χ3v) is 6.85. The second kappa shape index (κ2) is 8.37. The van der Waals surface area contributed by atoms with Crippen LogP contribution in [0.2, 0.25) is 0 Å². The van der Waals surface area contributed by atoms with Crippen LogP contribution in [0.25, 0.3) is 50.8 Å². The number of aryl methyl sites for hydroxylation is 1. The topological polar surface area (TPSA) is 28.8 Å². The average Bonchev–Trinajstić information content (AvgIpc) is 2.90. The number of anilines is 2. The van der Waals surface area contributed by atoms with Crippen molar-refractivity contribution in [3.63, 3.8) is 0 Å². The highest BCUT2D eigenvalue weighted by Crippen LogP contribution is 2.45. The lowest BCUT2D eigenvalue weighted by Gasteiger charge is -2.24. The van der Waals surface area contributed by atoms with Gasteiger partial charge in [-0.2, -0.15) is 4.57 Å². The van der Waals surface area contributed by atoms with Crippen LogP contribution >= 0.6 is 0 Å². The van der Waals surface area contributed by atoms with E-state index in [1.54, 1.807) is 0 Å². The molecule has 0 atom stereocenters. The molecule has 3 heterocycles. The van der Waals surface area contributed by atoms with Crippen molar-refractivity contribution in [2.75, 3.05) is 5.32 Å². The molecule has 0 spiro atoms. The number of nitrogens with one attached hydrogen (secondary N) is 1. The molecule has 3 aromatic carbocycles. The lowest BCUT2D eigenvalue weighted by atomic mass is 9.86. The minimum Gasteiger partial charge on any atom is -0.339 e. The van der Waals surface area contributed by atoms with E-state index >= 15 is 0 Å². The van der Waals surface area contributed by atoms with Crippen molar-refractivity contribution in [1.29, 1.82) is 0 Å². The molecule has 0 aliphatic carbocycles. The van der Waals surface area contributed by atoms with Gasteiger partial charge in [0.25, 0.3) is 0 Å². The molecule has 0 fully saturated rings. The summed E-state index contributed by atoms with van der Waals surface area (Å²) in [5, 5.41) is 3.65. The number of rotatable bonds is 3. The standard InChI is InChI=1S/C32H25N3/c1-4-35-17-11-10-16-31(35)28-20-29-27-19-24(23-12-6-5-7-13-23)18-26(21(27)2)25-14-8-9-15-30(25)34-32(29)33-22(28)3/h4-20H,1H2,2-3H3/p+1. The Hall–Kier alpha value is -4.50. The van der Waals surface area contributed by atoms with E-state index in [1.165, 1.54) is 33.4 Å². The Labute approximate surface area is 206 Å². The van der Waals surface area contributed by atoms with Crippen LogP contribution in [-0.2, 0) is 0 Å². The number of aromatic nitrogens is 2. The Morgan fingerprint density at radius 3 is 2.23 bits per heavy atom. The number of nitrogens with zero attached hydrogens (tertiary/aromatic N) is 2. The highest BCUT2D eigenvalue weighted by atomic mass is 15.0. The largest absolute Gasteiger partial charge is 0.339 e. The fraction of sp³-hybridized carbons (Fsp3) is 0.0625. The van der Waals surface area contributed by atoms with E-state index in [9.17, 15) is 0 Å². The Kier molecular flexibility index (Phi) is 5.04. The molecular formula is C32H26N3+. The first-order valence-electron chi connectivity index (χ1n) is 11.9. The molecule has 35 heavy (non-hydrogen) atoms. The number of pyridine rings is 2. The molecule has 5 aromatic rings. The van der Waals surface area contributed by atoms with Gasteiger partial charge in [0.2, 0.25) is 5.69 Å². The quantitative estimate of drug-likeness (QED) is 0.277. The third-order valence-electron chi connectivity index (χ3n) is 6.85. The summed E-state index contributed by atoms with van der Waals surface area (Å²) in [6.07, 6.45) is 3.85. The summed E-state index contributed by atoms with van der Waals surface area (Å²) < 4.78 is 2.04. The van der Waals surface area contributed by atoms with Crippen molar-refractivity contribution in [2.24, 2.45) is 0 Å². The fourth-order valence-corrected chi connectivity index (χ4v) is 5.03. The maximum absolute atomic E-state index is 5.10. The molecule has 0 saturated carbocycles. The van der Waals surface area contributed by atoms with Gasteiger partial charge < -0.3 is 5.32 Å². The van der Waals surface area contributed by atoms with Crippen LogP contribution in [0.1, 0.15) is 11.3 Å². The van der Waals surface area contributed by atoms with Crippen molar-refractivity contribution >= 4 is 17.7 Å². The van der Waals surface area contributed by atoms with E-state index < -0.39 is 0 Å². The molecule has 3 nitrogen and oxygen atoms in total.